The molecule has 32 heavy (non-hydrogen) atoms. The molecule has 0 aliphatic heterocycles. The standard InChI is InChI=1S/C25H32Cl2N2O3/c1-6-22(25(31)28-13-16(2)3)29(14-19-20(26)10-8-11-21(19)27)24(30)15-32-23-12-7-9-17(4)18(23)5/h7-12,16,22H,6,13-15H2,1-5H3,(H,28,31). The zero-order valence-electron chi connectivity index (χ0n) is 19.4. The maximum Gasteiger partial charge on any atom is 0.261 e. The second kappa shape index (κ2) is 12.1. The van der Waals surface area contributed by atoms with Crippen LogP contribution in [0.4, 0.5) is 0 Å². The Morgan fingerprint density at radius 3 is 2.28 bits per heavy atom. The Balaban J connectivity index is 2.30. The second-order valence-corrected chi connectivity index (χ2v) is 9.09. The number of carbonyl (C=O) groups is 2. The van der Waals surface area contributed by atoms with Gasteiger partial charge in [0.2, 0.25) is 5.91 Å². The van der Waals surface area contributed by atoms with Gasteiger partial charge < -0.3 is 15.0 Å². The van der Waals surface area contributed by atoms with Crippen LogP contribution in [0.15, 0.2) is 36.4 Å². The van der Waals surface area contributed by atoms with Crippen molar-refractivity contribution in [3.05, 3.63) is 63.1 Å². The summed E-state index contributed by atoms with van der Waals surface area (Å²) in [5.41, 5.74) is 2.66. The molecule has 174 valence electrons. The number of nitrogens with zero attached hydrogens (tertiary/aromatic N) is 1. The lowest BCUT2D eigenvalue weighted by atomic mass is 10.1. The highest BCUT2D eigenvalue weighted by molar-refractivity contribution is 6.36. The average Bonchev–Trinajstić information content (AvgIpc) is 2.74. The molecule has 0 saturated carbocycles. The molecular weight excluding hydrogens is 447 g/mol. The first-order chi connectivity index (χ1) is 15.1. The van der Waals surface area contributed by atoms with Crippen LogP contribution in [0.1, 0.15) is 43.9 Å². The molecule has 0 aliphatic carbocycles. The highest BCUT2D eigenvalue weighted by Gasteiger charge is 2.30. The lowest BCUT2D eigenvalue weighted by Crippen LogP contribution is -2.50. The number of rotatable bonds is 10. The van der Waals surface area contributed by atoms with E-state index in [4.69, 9.17) is 27.9 Å². The third-order valence-electron chi connectivity index (χ3n) is 5.37. The minimum Gasteiger partial charge on any atom is -0.483 e. The molecule has 0 aromatic heterocycles. The van der Waals surface area contributed by atoms with Crippen molar-refractivity contribution in [1.29, 1.82) is 0 Å². The van der Waals surface area contributed by atoms with Gasteiger partial charge in [0.15, 0.2) is 6.61 Å². The predicted octanol–water partition coefficient (Wildman–Crippen LogP) is 5.57. The average molecular weight is 479 g/mol. The monoisotopic (exact) mass is 478 g/mol. The van der Waals surface area contributed by atoms with Crippen LogP contribution in [0.5, 0.6) is 5.75 Å². The van der Waals surface area contributed by atoms with Gasteiger partial charge in [-0.15, -0.1) is 0 Å². The van der Waals surface area contributed by atoms with Crippen molar-refractivity contribution in [2.75, 3.05) is 13.2 Å². The van der Waals surface area contributed by atoms with E-state index in [1.165, 1.54) is 4.90 Å². The van der Waals surface area contributed by atoms with Gasteiger partial charge in [0.1, 0.15) is 11.8 Å². The molecule has 0 spiro atoms. The number of amides is 2. The Labute approximate surface area is 201 Å². The summed E-state index contributed by atoms with van der Waals surface area (Å²) in [7, 11) is 0. The van der Waals surface area contributed by atoms with Crippen LogP contribution in [-0.4, -0.2) is 35.9 Å². The van der Waals surface area contributed by atoms with Crippen LogP contribution in [0.25, 0.3) is 0 Å². The smallest absolute Gasteiger partial charge is 0.261 e. The molecule has 2 amide bonds. The van der Waals surface area contributed by atoms with Gasteiger partial charge in [-0.2, -0.15) is 0 Å². The Bertz CT molecular complexity index is 927. The van der Waals surface area contributed by atoms with Crippen molar-refractivity contribution >= 4 is 35.0 Å². The summed E-state index contributed by atoms with van der Waals surface area (Å²) in [6, 6.07) is 10.2. The first-order valence-electron chi connectivity index (χ1n) is 10.8. The number of carbonyl (C=O) groups excluding carboxylic acids is 2. The van der Waals surface area contributed by atoms with Gasteiger partial charge >= 0.3 is 0 Å². The number of hydrogen-bond acceptors (Lipinski definition) is 3. The van der Waals surface area contributed by atoms with E-state index in [0.717, 1.165) is 11.1 Å². The number of benzene rings is 2. The van der Waals surface area contributed by atoms with Crippen LogP contribution in [-0.2, 0) is 16.1 Å². The van der Waals surface area contributed by atoms with Crippen molar-refractivity contribution < 1.29 is 14.3 Å². The van der Waals surface area contributed by atoms with Crippen LogP contribution < -0.4 is 10.1 Å². The Morgan fingerprint density at radius 2 is 1.69 bits per heavy atom. The maximum absolute atomic E-state index is 13.3. The van der Waals surface area contributed by atoms with Crippen LogP contribution in [0, 0.1) is 19.8 Å². The first kappa shape index (κ1) is 26.0. The van der Waals surface area contributed by atoms with Crippen molar-refractivity contribution in [2.24, 2.45) is 5.92 Å². The third-order valence-corrected chi connectivity index (χ3v) is 6.07. The van der Waals surface area contributed by atoms with Gasteiger partial charge in [0.25, 0.3) is 5.91 Å². The molecule has 2 aromatic carbocycles. The Hall–Kier alpha value is -2.24. The lowest BCUT2D eigenvalue weighted by Gasteiger charge is -2.31. The van der Waals surface area contributed by atoms with E-state index in [0.29, 0.717) is 40.2 Å². The van der Waals surface area contributed by atoms with Gasteiger partial charge in [-0.3, -0.25) is 9.59 Å². The molecule has 0 bridgehead atoms. The number of aryl methyl sites for hydroxylation is 1. The number of hydrogen-bond donors (Lipinski definition) is 1. The van der Waals surface area contributed by atoms with E-state index in [1.54, 1.807) is 18.2 Å². The summed E-state index contributed by atoms with van der Waals surface area (Å²) in [5.74, 6) is 0.426. The molecule has 2 aromatic rings. The number of ether oxygens (including phenoxy) is 1. The normalized spacial score (nSPS) is 11.9. The van der Waals surface area contributed by atoms with Gasteiger partial charge in [-0.1, -0.05) is 62.2 Å². The molecule has 0 heterocycles. The van der Waals surface area contributed by atoms with Crippen molar-refractivity contribution in [1.82, 2.24) is 10.2 Å². The van der Waals surface area contributed by atoms with E-state index < -0.39 is 6.04 Å². The van der Waals surface area contributed by atoms with Crippen LogP contribution in [0.3, 0.4) is 0 Å². The molecule has 1 unspecified atom stereocenters. The summed E-state index contributed by atoms with van der Waals surface area (Å²) in [6.45, 7) is 10.3. The van der Waals surface area contributed by atoms with E-state index in [9.17, 15) is 9.59 Å². The van der Waals surface area contributed by atoms with Crippen molar-refractivity contribution in [2.45, 2.75) is 53.6 Å². The SMILES string of the molecule is CCC(C(=O)NCC(C)C)N(Cc1c(Cl)cccc1Cl)C(=O)COc1cccc(C)c1C. The lowest BCUT2D eigenvalue weighted by molar-refractivity contribution is -0.143. The minimum absolute atomic E-state index is 0.112. The fraction of sp³-hybridized carbons (Fsp3) is 0.440. The van der Waals surface area contributed by atoms with Gasteiger partial charge in [-0.05, 0) is 55.5 Å². The molecule has 0 fully saturated rings. The molecular formula is C25H32Cl2N2O3. The molecule has 2 rings (SSSR count). The highest BCUT2D eigenvalue weighted by Crippen LogP contribution is 2.27. The maximum atomic E-state index is 13.3. The zero-order valence-corrected chi connectivity index (χ0v) is 20.9. The molecule has 5 nitrogen and oxygen atoms in total. The van der Waals surface area contributed by atoms with Gasteiger partial charge in [0.05, 0.1) is 0 Å². The molecule has 1 atom stereocenters. The fourth-order valence-electron chi connectivity index (χ4n) is 3.30. The summed E-state index contributed by atoms with van der Waals surface area (Å²) < 4.78 is 5.84. The van der Waals surface area contributed by atoms with E-state index >= 15 is 0 Å². The highest BCUT2D eigenvalue weighted by atomic mass is 35.5. The Kier molecular flexibility index (Phi) is 9.85. The van der Waals surface area contributed by atoms with E-state index in [1.807, 2.05) is 52.8 Å². The van der Waals surface area contributed by atoms with Crippen LogP contribution in [0.2, 0.25) is 10.0 Å². The predicted molar refractivity (Wildman–Crippen MR) is 130 cm³/mol. The zero-order chi connectivity index (χ0) is 23.8. The summed E-state index contributed by atoms with van der Waals surface area (Å²) in [6.07, 6.45) is 0.446. The van der Waals surface area contributed by atoms with E-state index in [2.05, 4.69) is 5.32 Å². The van der Waals surface area contributed by atoms with Crippen molar-refractivity contribution in [3.8, 4) is 5.75 Å². The summed E-state index contributed by atoms with van der Waals surface area (Å²) >= 11 is 12.7. The third kappa shape index (κ3) is 6.88. The number of nitrogens with one attached hydrogen (secondary N) is 1. The first-order valence-corrected chi connectivity index (χ1v) is 11.6. The minimum atomic E-state index is -0.671. The molecule has 0 saturated heterocycles. The largest absolute Gasteiger partial charge is 0.483 e. The molecule has 0 radical (unpaired) electrons. The van der Waals surface area contributed by atoms with E-state index in [-0.39, 0.29) is 25.0 Å². The molecule has 1 N–H and O–H groups in total. The summed E-state index contributed by atoms with van der Waals surface area (Å²) in [5, 5.41) is 3.83. The van der Waals surface area contributed by atoms with Crippen LogP contribution >= 0.6 is 23.2 Å². The quantitative estimate of drug-likeness (QED) is 0.485. The molecule has 0 aliphatic rings. The topological polar surface area (TPSA) is 58.6 Å². The molecule has 7 heteroatoms. The fourth-order valence-corrected chi connectivity index (χ4v) is 3.82. The van der Waals surface area contributed by atoms with Crippen molar-refractivity contribution in [3.63, 3.8) is 0 Å². The Morgan fingerprint density at radius 1 is 1.06 bits per heavy atom. The second-order valence-electron chi connectivity index (χ2n) is 8.27. The van der Waals surface area contributed by atoms with Gasteiger partial charge in [-0.25, -0.2) is 0 Å². The number of halogens is 2. The summed E-state index contributed by atoms with van der Waals surface area (Å²) in [4.78, 5) is 27.8. The van der Waals surface area contributed by atoms with Gasteiger partial charge in [0, 0.05) is 28.7 Å².